The number of aliphatic hydroxyl groups excluding tert-OH is 1. The van der Waals surface area contributed by atoms with Gasteiger partial charge in [-0.05, 0) is 17.7 Å². The van der Waals surface area contributed by atoms with Crippen molar-refractivity contribution in [2.24, 2.45) is 0 Å². The average molecular weight is 298 g/mol. The molecular formula is C13H18N2O6. The van der Waals surface area contributed by atoms with Crippen LogP contribution in [-0.4, -0.2) is 49.1 Å². The van der Waals surface area contributed by atoms with Crippen molar-refractivity contribution in [1.29, 1.82) is 0 Å². The molecule has 0 saturated heterocycles. The van der Waals surface area contributed by atoms with Crippen molar-refractivity contribution < 1.29 is 29.3 Å². The molecule has 0 saturated carbocycles. The molecule has 1 unspecified atom stereocenters. The van der Waals surface area contributed by atoms with Crippen LogP contribution in [0.25, 0.3) is 0 Å². The standard InChI is InChI=1S/C13H18N2O6/c1-20-10-4-3-8(5-11(10)21-2)6-14-13(19)15-7-9(16)12(17)18/h3-5,9,16H,6-7H2,1-2H3,(H,17,18)(H2,14,15,19). The van der Waals surface area contributed by atoms with Crippen molar-refractivity contribution in [1.82, 2.24) is 10.6 Å². The van der Waals surface area contributed by atoms with E-state index in [2.05, 4.69) is 10.6 Å². The zero-order chi connectivity index (χ0) is 15.8. The van der Waals surface area contributed by atoms with Crippen LogP contribution in [0.2, 0.25) is 0 Å². The molecule has 0 spiro atoms. The van der Waals surface area contributed by atoms with E-state index in [0.29, 0.717) is 11.5 Å². The fourth-order valence-corrected chi connectivity index (χ4v) is 1.51. The highest BCUT2D eigenvalue weighted by molar-refractivity contribution is 5.76. The van der Waals surface area contributed by atoms with Gasteiger partial charge in [0, 0.05) is 6.54 Å². The van der Waals surface area contributed by atoms with Crippen LogP contribution >= 0.6 is 0 Å². The van der Waals surface area contributed by atoms with Gasteiger partial charge in [0.2, 0.25) is 0 Å². The third-order valence-corrected chi connectivity index (χ3v) is 2.64. The van der Waals surface area contributed by atoms with Crippen LogP contribution in [-0.2, 0) is 11.3 Å². The molecule has 2 amide bonds. The van der Waals surface area contributed by atoms with Gasteiger partial charge in [-0.15, -0.1) is 0 Å². The number of hydrogen-bond acceptors (Lipinski definition) is 5. The fourth-order valence-electron chi connectivity index (χ4n) is 1.51. The van der Waals surface area contributed by atoms with Crippen molar-refractivity contribution in [3.8, 4) is 11.5 Å². The number of hydrogen-bond donors (Lipinski definition) is 4. The van der Waals surface area contributed by atoms with Crippen molar-refractivity contribution >= 4 is 12.0 Å². The number of aliphatic carboxylic acids is 1. The van der Waals surface area contributed by atoms with Gasteiger partial charge in [-0.3, -0.25) is 0 Å². The van der Waals surface area contributed by atoms with Gasteiger partial charge >= 0.3 is 12.0 Å². The third-order valence-electron chi connectivity index (χ3n) is 2.64. The monoisotopic (exact) mass is 298 g/mol. The Morgan fingerprint density at radius 3 is 2.43 bits per heavy atom. The van der Waals surface area contributed by atoms with Gasteiger partial charge in [0.1, 0.15) is 0 Å². The minimum absolute atomic E-state index is 0.218. The Kier molecular flexibility index (Phi) is 6.28. The second-order valence-electron chi connectivity index (χ2n) is 4.11. The van der Waals surface area contributed by atoms with E-state index in [0.717, 1.165) is 5.56 Å². The molecule has 8 heteroatoms. The topological polar surface area (TPSA) is 117 Å². The van der Waals surface area contributed by atoms with Crippen molar-refractivity contribution in [3.63, 3.8) is 0 Å². The number of carbonyl (C=O) groups excluding carboxylic acids is 1. The van der Waals surface area contributed by atoms with Gasteiger partial charge in [-0.2, -0.15) is 0 Å². The van der Waals surface area contributed by atoms with Crippen LogP contribution in [0.4, 0.5) is 4.79 Å². The Morgan fingerprint density at radius 1 is 1.19 bits per heavy atom. The smallest absolute Gasteiger partial charge is 0.334 e. The summed E-state index contributed by atoms with van der Waals surface area (Å²) in [7, 11) is 3.03. The maximum atomic E-state index is 11.4. The highest BCUT2D eigenvalue weighted by Crippen LogP contribution is 2.27. The molecule has 1 atom stereocenters. The van der Waals surface area contributed by atoms with E-state index in [1.54, 1.807) is 18.2 Å². The molecule has 4 N–H and O–H groups in total. The number of urea groups is 1. The van der Waals surface area contributed by atoms with E-state index in [1.165, 1.54) is 14.2 Å². The summed E-state index contributed by atoms with van der Waals surface area (Å²) in [6, 6.07) is 4.60. The van der Waals surface area contributed by atoms with E-state index in [4.69, 9.17) is 19.7 Å². The number of nitrogens with one attached hydrogen (secondary N) is 2. The predicted octanol–water partition coefficient (Wildman–Crippen LogP) is -0.0515. The Bertz CT molecular complexity index is 505. The zero-order valence-electron chi connectivity index (χ0n) is 11.8. The van der Waals surface area contributed by atoms with Crippen LogP contribution < -0.4 is 20.1 Å². The molecule has 8 nitrogen and oxygen atoms in total. The Balaban J connectivity index is 2.48. The van der Waals surface area contributed by atoms with Crippen LogP contribution in [0.5, 0.6) is 11.5 Å². The maximum absolute atomic E-state index is 11.4. The number of carboxylic acids is 1. The number of benzene rings is 1. The first-order valence-electron chi connectivity index (χ1n) is 6.11. The van der Waals surface area contributed by atoms with E-state index < -0.39 is 18.1 Å². The summed E-state index contributed by atoms with van der Waals surface area (Å²) < 4.78 is 10.2. The summed E-state index contributed by atoms with van der Waals surface area (Å²) in [4.78, 5) is 21.8. The number of methoxy groups -OCH3 is 2. The average Bonchev–Trinajstić information content (AvgIpc) is 2.49. The first-order chi connectivity index (χ1) is 9.97. The number of amides is 2. The number of rotatable bonds is 7. The number of ether oxygens (including phenoxy) is 2. The molecule has 0 radical (unpaired) electrons. The molecule has 0 aromatic heterocycles. The van der Waals surface area contributed by atoms with Gasteiger partial charge in [0.15, 0.2) is 17.6 Å². The predicted molar refractivity (Wildman–Crippen MR) is 73.4 cm³/mol. The summed E-state index contributed by atoms with van der Waals surface area (Å²) in [5.41, 5.74) is 0.779. The minimum Gasteiger partial charge on any atom is -0.493 e. The number of carbonyl (C=O) groups is 2. The van der Waals surface area contributed by atoms with Crippen molar-refractivity contribution in [2.75, 3.05) is 20.8 Å². The lowest BCUT2D eigenvalue weighted by Crippen LogP contribution is -2.41. The van der Waals surface area contributed by atoms with Crippen LogP contribution in [0, 0.1) is 0 Å². The van der Waals surface area contributed by atoms with Crippen molar-refractivity contribution in [3.05, 3.63) is 23.8 Å². The number of aliphatic hydroxyl groups is 1. The maximum Gasteiger partial charge on any atom is 0.334 e. The molecule has 21 heavy (non-hydrogen) atoms. The third kappa shape index (κ3) is 5.19. The lowest BCUT2D eigenvalue weighted by Gasteiger charge is -2.11. The van der Waals surface area contributed by atoms with E-state index in [-0.39, 0.29) is 13.1 Å². The number of carboxylic acid groups (broad SMARTS) is 1. The second-order valence-corrected chi connectivity index (χ2v) is 4.11. The van der Waals surface area contributed by atoms with Gasteiger partial charge in [0.05, 0.1) is 20.8 Å². The highest BCUT2D eigenvalue weighted by Gasteiger charge is 2.13. The highest BCUT2D eigenvalue weighted by atomic mass is 16.5. The Labute approximate surface area is 121 Å². The van der Waals surface area contributed by atoms with Gasteiger partial charge in [0.25, 0.3) is 0 Å². The molecule has 116 valence electrons. The summed E-state index contributed by atoms with van der Waals surface area (Å²) >= 11 is 0. The van der Waals surface area contributed by atoms with E-state index >= 15 is 0 Å². The van der Waals surface area contributed by atoms with Crippen molar-refractivity contribution in [2.45, 2.75) is 12.6 Å². The first kappa shape index (κ1) is 16.6. The Hall–Kier alpha value is -2.48. The lowest BCUT2D eigenvalue weighted by molar-refractivity contribution is -0.146. The van der Waals surface area contributed by atoms with Crippen LogP contribution in [0.3, 0.4) is 0 Å². The molecule has 0 aliphatic heterocycles. The molecule has 1 aromatic rings. The van der Waals surface area contributed by atoms with Crippen LogP contribution in [0.15, 0.2) is 18.2 Å². The van der Waals surface area contributed by atoms with Crippen LogP contribution in [0.1, 0.15) is 5.56 Å². The molecular weight excluding hydrogens is 280 g/mol. The quantitative estimate of drug-likeness (QED) is 0.560. The summed E-state index contributed by atoms with van der Waals surface area (Å²) in [6.45, 7) is -0.150. The van der Waals surface area contributed by atoms with Gasteiger partial charge < -0.3 is 30.3 Å². The zero-order valence-corrected chi connectivity index (χ0v) is 11.8. The molecule has 1 aromatic carbocycles. The lowest BCUT2D eigenvalue weighted by atomic mass is 10.2. The van der Waals surface area contributed by atoms with E-state index in [9.17, 15) is 9.59 Å². The van der Waals surface area contributed by atoms with E-state index in [1.807, 2.05) is 0 Å². The molecule has 0 bridgehead atoms. The summed E-state index contributed by atoms with van der Waals surface area (Å²) in [5, 5.41) is 22.3. The summed E-state index contributed by atoms with van der Waals surface area (Å²) in [6.07, 6.45) is -1.63. The largest absolute Gasteiger partial charge is 0.493 e. The normalized spacial score (nSPS) is 11.4. The second kappa shape index (κ2) is 7.95. The molecule has 0 aliphatic rings. The van der Waals surface area contributed by atoms with Gasteiger partial charge in [-0.25, -0.2) is 9.59 Å². The molecule has 0 heterocycles. The Morgan fingerprint density at radius 2 is 1.86 bits per heavy atom. The summed E-state index contributed by atoms with van der Waals surface area (Å²) in [5.74, 6) is -0.274. The molecule has 0 fully saturated rings. The first-order valence-corrected chi connectivity index (χ1v) is 6.11. The fraction of sp³-hybridized carbons (Fsp3) is 0.385. The molecule has 1 rings (SSSR count). The minimum atomic E-state index is -1.63. The SMILES string of the molecule is COc1ccc(CNC(=O)NCC(O)C(=O)O)cc1OC. The van der Waals surface area contributed by atoms with Gasteiger partial charge in [-0.1, -0.05) is 6.07 Å². The molecule has 0 aliphatic carbocycles.